The average molecular weight is 348 g/mol. The maximum Gasteiger partial charge on any atom is 0.292 e. The Balaban J connectivity index is 1.58. The van der Waals surface area contributed by atoms with E-state index >= 15 is 0 Å². The number of nitro benzene ring substituents is 1. The van der Waals surface area contributed by atoms with Crippen LogP contribution in [0, 0.1) is 16.0 Å². The lowest BCUT2D eigenvalue weighted by Gasteiger charge is -2.36. The van der Waals surface area contributed by atoms with E-state index < -0.39 is 0 Å². The highest BCUT2D eigenvalue weighted by Crippen LogP contribution is 2.27. The largest absolute Gasteiger partial charge is 0.383 e. The third kappa shape index (κ3) is 4.90. The van der Waals surface area contributed by atoms with Gasteiger partial charge < -0.3 is 10.1 Å². The van der Waals surface area contributed by atoms with Gasteiger partial charge in [0.05, 0.1) is 18.1 Å². The number of nitrogens with one attached hydrogen (secondary N) is 1. The molecule has 0 radical (unpaired) electrons. The van der Waals surface area contributed by atoms with Gasteiger partial charge in [-0.25, -0.2) is 0 Å². The molecule has 3 rings (SSSR count). The Kier molecular flexibility index (Phi) is 6.23. The number of nitrogens with zero attached hydrogens (tertiary/aromatic N) is 3. The Morgan fingerprint density at radius 3 is 2.80 bits per heavy atom. The molecule has 7 nitrogen and oxygen atoms in total. The predicted octanol–water partition coefficient (Wildman–Crippen LogP) is 2.18. The number of nitro groups is 1. The zero-order chi connectivity index (χ0) is 17.6. The van der Waals surface area contributed by atoms with Crippen molar-refractivity contribution in [1.82, 2.24) is 9.80 Å². The second kappa shape index (κ2) is 8.60. The summed E-state index contributed by atoms with van der Waals surface area (Å²) in [5, 5.41) is 14.1. The fourth-order valence-electron chi connectivity index (χ4n) is 3.89. The van der Waals surface area contributed by atoms with E-state index in [0.29, 0.717) is 11.6 Å². The minimum Gasteiger partial charge on any atom is -0.383 e. The Morgan fingerprint density at radius 2 is 2.08 bits per heavy atom. The lowest BCUT2D eigenvalue weighted by atomic mass is 9.96. The summed E-state index contributed by atoms with van der Waals surface area (Å²) >= 11 is 0. The van der Waals surface area contributed by atoms with Gasteiger partial charge in [0.25, 0.3) is 5.69 Å². The summed E-state index contributed by atoms with van der Waals surface area (Å²) < 4.78 is 5.43. The van der Waals surface area contributed by atoms with Crippen LogP contribution in [0.25, 0.3) is 0 Å². The monoisotopic (exact) mass is 348 g/mol. The van der Waals surface area contributed by atoms with Crippen molar-refractivity contribution in [2.45, 2.75) is 19.4 Å². The number of likely N-dealkylation sites (tertiary alicyclic amines) is 1. The molecule has 0 aliphatic carbocycles. The van der Waals surface area contributed by atoms with Gasteiger partial charge in [-0.15, -0.1) is 0 Å². The molecule has 1 aromatic rings. The molecule has 2 fully saturated rings. The SMILES string of the molecule is CNc1ccc(CN2CCC[C@@H](CN3CCOCC3)C2)cc1[N+](=O)[O-]. The molecule has 0 saturated carbocycles. The van der Waals surface area contributed by atoms with Crippen molar-refractivity contribution in [3.05, 3.63) is 33.9 Å². The van der Waals surface area contributed by atoms with Crippen LogP contribution in [0.5, 0.6) is 0 Å². The van der Waals surface area contributed by atoms with E-state index in [4.69, 9.17) is 4.74 Å². The van der Waals surface area contributed by atoms with Gasteiger partial charge in [-0.1, -0.05) is 6.07 Å². The number of benzene rings is 1. The minimum atomic E-state index is -0.313. The van der Waals surface area contributed by atoms with Crippen molar-refractivity contribution < 1.29 is 9.66 Å². The van der Waals surface area contributed by atoms with E-state index in [-0.39, 0.29) is 10.6 Å². The zero-order valence-electron chi connectivity index (χ0n) is 14.9. The van der Waals surface area contributed by atoms with E-state index in [2.05, 4.69) is 15.1 Å². The lowest BCUT2D eigenvalue weighted by molar-refractivity contribution is -0.384. The minimum absolute atomic E-state index is 0.155. The van der Waals surface area contributed by atoms with E-state index in [1.165, 1.54) is 12.8 Å². The smallest absolute Gasteiger partial charge is 0.292 e. The average Bonchev–Trinajstić information content (AvgIpc) is 2.63. The maximum atomic E-state index is 11.2. The molecular weight excluding hydrogens is 320 g/mol. The van der Waals surface area contributed by atoms with Crippen LogP contribution in [-0.4, -0.2) is 67.7 Å². The van der Waals surface area contributed by atoms with Crippen molar-refractivity contribution in [2.24, 2.45) is 5.92 Å². The van der Waals surface area contributed by atoms with Crippen molar-refractivity contribution in [3.63, 3.8) is 0 Å². The standard InChI is InChI=1S/C18H28N4O3/c1-19-17-5-4-15(11-18(17)22(23)24)12-21-6-2-3-16(14-21)13-20-7-9-25-10-8-20/h4-5,11,16,19H,2-3,6-10,12-14H2,1H3/t16-/m0/s1. The van der Waals surface area contributed by atoms with Crippen molar-refractivity contribution >= 4 is 11.4 Å². The summed E-state index contributed by atoms with van der Waals surface area (Å²) in [4.78, 5) is 15.9. The molecule has 2 aliphatic rings. The number of rotatable bonds is 6. The third-order valence-corrected chi connectivity index (χ3v) is 5.16. The van der Waals surface area contributed by atoms with Crippen LogP contribution in [-0.2, 0) is 11.3 Å². The number of hydrogen-bond acceptors (Lipinski definition) is 6. The number of ether oxygens (including phenoxy) is 1. The highest BCUT2D eigenvalue weighted by Gasteiger charge is 2.24. The van der Waals surface area contributed by atoms with Crippen LogP contribution in [0.2, 0.25) is 0 Å². The molecule has 25 heavy (non-hydrogen) atoms. The van der Waals surface area contributed by atoms with Crippen LogP contribution >= 0.6 is 0 Å². The summed E-state index contributed by atoms with van der Waals surface area (Å²) in [6.07, 6.45) is 2.47. The second-order valence-corrected chi connectivity index (χ2v) is 7.01. The second-order valence-electron chi connectivity index (χ2n) is 7.01. The Hall–Kier alpha value is -1.70. The highest BCUT2D eigenvalue weighted by atomic mass is 16.6. The number of morpholine rings is 1. The van der Waals surface area contributed by atoms with Gasteiger partial charge >= 0.3 is 0 Å². The first-order valence-electron chi connectivity index (χ1n) is 9.13. The summed E-state index contributed by atoms with van der Waals surface area (Å²) in [5.41, 5.74) is 1.73. The molecule has 1 N–H and O–H groups in total. The van der Waals surface area contributed by atoms with Crippen LogP contribution in [0.1, 0.15) is 18.4 Å². The molecule has 2 aliphatic heterocycles. The molecule has 1 aromatic carbocycles. The van der Waals surface area contributed by atoms with E-state index in [1.807, 2.05) is 12.1 Å². The predicted molar refractivity (Wildman–Crippen MR) is 97.9 cm³/mol. The van der Waals surface area contributed by atoms with E-state index in [9.17, 15) is 10.1 Å². The molecule has 1 atom stereocenters. The Morgan fingerprint density at radius 1 is 1.28 bits per heavy atom. The third-order valence-electron chi connectivity index (χ3n) is 5.16. The zero-order valence-corrected chi connectivity index (χ0v) is 14.9. The topological polar surface area (TPSA) is 70.9 Å². The van der Waals surface area contributed by atoms with Crippen LogP contribution < -0.4 is 5.32 Å². The summed E-state index contributed by atoms with van der Waals surface area (Å²) in [6, 6.07) is 5.50. The first-order chi connectivity index (χ1) is 12.2. The van der Waals surface area contributed by atoms with E-state index in [0.717, 1.165) is 58.0 Å². The van der Waals surface area contributed by atoms with Gasteiger partial charge in [-0.05, 0) is 36.9 Å². The van der Waals surface area contributed by atoms with Crippen LogP contribution in [0.4, 0.5) is 11.4 Å². The fraction of sp³-hybridized carbons (Fsp3) is 0.667. The quantitative estimate of drug-likeness (QED) is 0.628. The molecule has 0 aromatic heterocycles. The maximum absolute atomic E-state index is 11.2. The van der Waals surface area contributed by atoms with Crippen LogP contribution in [0.15, 0.2) is 18.2 Å². The first kappa shape index (κ1) is 18.1. The lowest BCUT2D eigenvalue weighted by Crippen LogP contribution is -2.44. The highest BCUT2D eigenvalue weighted by molar-refractivity contribution is 5.62. The Labute approximate surface area is 149 Å². The summed E-state index contributed by atoms with van der Waals surface area (Å²) in [6.45, 7) is 7.82. The van der Waals surface area contributed by atoms with Gasteiger partial charge in [-0.3, -0.25) is 19.9 Å². The molecule has 0 amide bonds. The summed E-state index contributed by atoms with van der Waals surface area (Å²) in [5.74, 6) is 0.679. The van der Waals surface area contributed by atoms with E-state index in [1.54, 1.807) is 13.1 Å². The van der Waals surface area contributed by atoms with Gasteiger partial charge in [0.1, 0.15) is 5.69 Å². The molecule has 0 bridgehead atoms. The fourth-order valence-corrected chi connectivity index (χ4v) is 3.89. The van der Waals surface area contributed by atoms with Crippen molar-refractivity contribution in [2.75, 3.05) is 58.3 Å². The molecule has 0 unspecified atom stereocenters. The van der Waals surface area contributed by atoms with Crippen LogP contribution in [0.3, 0.4) is 0 Å². The number of piperidine rings is 1. The number of anilines is 1. The molecular formula is C18H28N4O3. The van der Waals surface area contributed by atoms with Crippen molar-refractivity contribution in [1.29, 1.82) is 0 Å². The molecule has 2 saturated heterocycles. The molecule has 138 valence electrons. The van der Waals surface area contributed by atoms with Gasteiger partial charge in [0, 0.05) is 45.8 Å². The van der Waals surface area contributed by atoms with Crippen molar-refractivity contribution in [3.8, 4) is 0 Å². The summed E-state index contributed by atoms with van der Waals surface area (Å²) in [7, 11) is 1.71. The number of hydrogen-bond donors (Lipinski definition) is 1. The molecule has 7 heteroatoms. The van der Waals surface area contributed by atoms with Gasteiger partial charge in [0.15, 0.2) is 0 Å². The van der Waals surface area contributed by atoms with Gasteiger partial charge in [-0.2, -0.15) is 0 Å². The molecule has 2 heterocycles. The van der Waals surface area contributed by atoms with Gasteiger partial charge in [0.2, 0.25) is 0 Å². The normalized spacial score (nSPS) is 22.7. The first-order valence-corrected chi connectivity index (χ1v) is 9.13. The molecule has 0 spiro atoms. The Bertz CT molecular complexity index is 590.